The number of carbonyl (C=O) groups is 2. The summed E-state index contributed by atoms with van der Waals surface area (Å²) in [4.78, 5) is 85.6. The first-order valence-corrected chi connectivity index (χ1v) is 21.2. The second kappa shape index (κ2) is 19.3. The summed E-state index contributed by atoms with van der Waals surface area (Å²) in [7, 11) is -16.4. The maximum absolute atomic E-state index is 12.6. The predicted molar refractivity (Wildman–Crippen MR) is 185 cm³/mol. The van der Waals surface area contributed by atoms with Gasteiger partial charge in [0.25, 0.3) is 0 Å². The van der Waals surface area contributed by atoms with Gasteiger partial charge < -0.3 is 50.9 Å². The molecule has 2 amide bonds. The monoisotopic (exact) mass is 847 g/mol. The minimum Gasteiger partial charge on any atom is -0.386 e. The Balaban J connectivity index is 1.51. The molecule has 1 saturated heterocycles. The number of aromatic nitrogens is 4. The summed E-state index contributed by atoms with van der Waals surface area (Å²) in [6.45, 7) is 2.35. The van der Waals surface area contributed by atoms with E-state index in [4.69, 9.17) is 19.5 Å². The highest BCUT2D eigenvalue weighted by Gasteiger charge is 2.50. The van der Waals surface area contributed by atoms with Crippen molar-refractivity contribution >= 4 is 70.0 Å². The van der Waals surface area contributed by atoms with Crippen molar-refractivity contribution in [3.8, 4) is 0 Å². The van der Waals surface area contributed by atoms with Gasteiger partial charge >= 0.3 is 23.5 Å². The van der Waals surface area contributed by atoms with Crippen molar-refractivity contribution in [2.75, 3.05) is 43.5 Å². The third kappa shape index (κ3) is 13.7. The van der Waals surface area contributed by atoms with Gasteiger partial charge in [0.1, 0.15) is 36.3 Å². The van der Waals surface area contributed by atoms with Gasteiger partial charge in [-0.1, -0.05) is 13.8 Å². The van der Waals surface area contributed by atoms with Crippen LogP contribution in [0.15, 0.2) is 24.0 Å². The van der Waals surface area contributed by atoms with Gasteiger partial charge in [-0.25, -0.2) is 33.4 Å². The summed E-state index contributed by atoms with van der Waals surface area (Å²) in [6.07, 6.45) is -6.86. The minimum atomic E-state index is -5.56. The molecule has 2 unspecified atom stereocenters. The van der Waals surface area contributed by atoms with Crippen molar-refractivity contribution in [3.63, 3.8) is 0 Å². The number of carbonyl (C=O) groups excluding carboxylic acids is 3. The molecule has 24 nitrogen and oxygen atoms in total. The van der Waals surface area contributed by atoms with Gasteiger partial charge in [0.2, 0.25) is 11.8 Å². The molecule has 10 N–H and O–H groups in total. The highest BCUT2D eigenvalue weighted by Crippen LogP contribution is 2.61. The van der Waals surface area contributed by atoms with Crippen LogP contribution in [0.2, 0.25) is 0 Å². The zero-order chi connectivity index (χ0) is 40.5. The average Bonchev–Trinajstić information content (AvgIpc) is 3.62. The molecule has 2 aromatic rings. The molecular weight excluding hydrogens is 807 g/mol. The standard InChI is InChI=1S/C26H40N7O17P3S/c1-15(5-8-34)11-54-9-7-28-17(35)4-6-29-24(38)21(37)26(2,3)12-47-53(44,45)50-52(42,43)46-10-16-20(49-51(39,40)41)19(36)25(48-16)33-14-32-18-22(27)30-13-31-23(18)33/h13-14,16,19-21,25,36-37H,4,6-7,9-12H2,1-3H3,(H,28,35)(H,29,38)(H,42,43)(H,44,45)(H2,27,30,31)(H2,39,40,41)/t16-,19-,20-,21+,25-/m1/s1. The maximum Gasteiger partial charge on any atom is 0.481 e. The van der Waals surface area contributed by atoms with E-state index in [0.29, 0.717) is 23.6 Å². The summed E-state index contributed by atoms with van der Waals surface area (Å²) < 4.78 is 62.0. The first-order chi connectivity index (χ1) is 25.1. The summed E-state index contributed by atoms with van der Waals surface area (Å²) in [5, 5.41) is 26.4. The molecule has 1 aliphatic heterocycles. The Morgan fingerprint density at radius 3 is 2.46 bits per heavy atom. The molecule has 54 heavy (non-hydrogen) atoms. The summed E-state index contributed by atoms with van der Waals surface area (Å²) in [5.74, 6) is 1.23. The van der Waals surface area contributed by atoms with Crippen LogP contribution in [0.25, 0.3) is 11.2 Å². The average molecular weight is 848 g/mol. The molecular formula is C26H40N7O17P3S. The van der Waals surface area contributed by atoms with Crippen LogP contribution in [0, 0.1) is 5.41 Å². The second-order valence-corrected chi connectivity index (χ2v) is 17.5. The van der Waals surface area contributed by atoms with Gasteiger partial charge in [0.15, 0.2) is 23.6 Å². The van der Waals surface area contributed by atoms with E-state index in [0.717, 1.165) is 17.2 Å². The number of amides is 2. The van der Waals surface area contributed by atoms with Crippen molar-refractivity contribution < 1.29 is 80.5 Å². The number of hydrogen-bond donors (Lipinski definition) is 9. The Morgan fingerprint density at radius 1 is 1.11 bits per heavy atom. The number of nitrogens with one attached hydrogen (secondary N) is 2. The minimum absolute atomic E-state index is 0.0307. The van der Waals surface area contributed by atoms with Crippen LogP contribution in [0.3, 0.4) is 0 Å². The highest BCUT2D eigenvalue weighted by molar-refractivity contribution is 7.99. The number of nitrogens with zero attached hydrogens (tertiary/aromatic N) is 4. The lowest BCUT2D eigenvalue weighted by atomic mass is 9.87. The number of phosphoric acid groups is 3. The Kier molecular flexibility index (Phi) is 16.3. The van der Waals surface area contributed by atoms with E-state index < -0.39 is 84.6 Å². The molecule has 1 aliphatic rings. The number of rotatable bonds is 21. The molecule has 0 aliphatic carbocycles. The van der Waals surface area contributed by atoms with Crippen molar-refractivity contribution in [2.45, 2.75) is 57.8 Å². The van der Waals surface area contributed by atoms with Crippen LogP contribution in [0.5, 0.6) is 0 Å². The van der Waals surface area contributed by atoms with Gasteiger partial charge in [-0.05, 0) is 18.2 Å². The number of nitrogen functional groups attached to an aromatic ring is 1. The Bertz CT molecular complexity index is 1880. The summed E-state index contributed by atoms with van der Waals surface area (Å²) in [6, 6.07) is 0. The van der Waals surface area contributed by atoms with E-state index in [1.54, 1.807) is 12.9 Å². The summed E-state index contributed by atoms with van der Waals surface area (Å²) in [5.41, 5.74) is 7.36. The highest BCUT2D eigenvalue weighted by atomic mass is 32.2. The molecule has 302 valence electrons. The van der Waals surface area contributed by atoms with E-state index in [9.17, 15) is 57.9 Å². The van der Waals surface area contributed by atoms with Crippen molar-refractivity contribution in [2.24, 2.45) is 5.41 Å². The lowest BCUT2D eigenvalue weighted by Gasteiger charge is -2.30. The first kappa shape index (κ1) is 45.5. The number of ether oxygens (including phenoxy) is 1. The van der Waals surface area contributed by atoms with E-state index in [2.05, 4.69) is 40.2 Å². The van der Waals surface area contributed by atoms with Crippen LogP contribution in [-0.4, -0.2) is 129 Å². The summed E-state index contributed by atoms with van der Waals surface area (Å²) >= 11 is 1.46. The van der Waals surface area contributed by atoms with Crippen molar-refractivity contribution in [1.82, 2.24) is 30.2 Å². The molecule has 0 bridgehead atoms. The number of aliphatic hydroxyl groups is 2. The Hall–Kier alpha value is -2.88. The number of hydrogen-bond acceptors (Lipinski definition) is 18. The number of fused-ring (bicyclic) bond motifs is 1. The van der Waals surface area contributed by atoms with E-state index in [-0.39, 0.29) is 29.9 Å². The maximum atomic E-state index is 12.6. The van der Waals surface area contributed by atoms with Crippen LogP contribution < -0.4 is 16.4 Å². The van der Waals surface area contributed by atoms with E-state index in [1.165, 1.54) is 25.6 Å². The smallest absolute Gasteiger partial charge is 0.386 e. The molecule has 3 heterocycles. The van der Waals surface area contributed by atoms with Crippen LogP contribution in [0.4, 0.5) is 5.82 Å². The zero-order valence-corrected chi connectivity index (χ0v) is 32.3. The van der Waals surface area contributed by atoms with Crippen molar-refractivity contribution in [1.29, 1.82) is 0 Å². The van der Waals surface area contributed by atoms with Gasteiger partial charge in [0.05, 0.1) is 19.5 Å². The Labute approximate surface area is 310 Å². The third-order valence-corrected chi connectivity index (χ3v) is 11.5. The topological polar surface area (TPSA) is 364 Å². The third-order valence-electron chi connectivity index (χ3n) is 7.23. The number of nitrogens with two attached hydrogens (primary N) is 1. The van der Waals surface area contributed by atoms with Gasteiger partial charge in [-0.15, -0.1) is 0 Å². The van der Waals surface area contributed by atoms with Gasteiger partial charge in [0, 0.05) is 36.4 Å². The van der Waals surface area contributed by atoms with E-state index >= 15 is 0 Å². The molecule has 2 aromatic heterocycles. The SMILES string of the molecule is CC(=C=C=O)CSCCNC(=O)CCNC(=O)[C@H](O)C(C)(C)COP(=O)(O)OP(=O)(O)OC[C@H]1O[C@@H](n2cnc3c(N)ncnc32)[C@H](O)[C@@H]1OP(=O)(O)O. The van der Waals surface area contributed by atoms with E-state index in [1.807, 2.05) is 0 Å². The molecule has 3 rings (SSSR count). The molecule has 28 heteroatoms. The van der Waals surface area contributed by atoms with Crippen LogP contribution in [0.1, 0.15) is 33.4 Å². The zero-order valence-electron chi connectivity index (χ0n) is 28.8. The fourth-order valence-electron chi connectivity index (χ4n) is 4.55. The number of phosphoric ester groups is 3. The quantitative estimate of drug-likeness (QED) is 0.0317. The first-order valence-electron chi connectivity index (χ1n) is 15.5. The fourth-order valence-corrected chi connectivity index (χ4v) is 8.15. The molecule has 0 spiro atoms. The molecule has 0 radical (unpaired) electrons. The molecule has 1 fully saturated rings. The van der Waals surface area contributed by atoms with Crippen molar-refractivity contribution in [3.05, 3.63) is 24.0 Å². The fraction of sp³-hybridized carbons (Fsp3) is 0.615. The van der Waals surface area contributed by atoms with Gasteiger partial charge in [-0.2, -0.15) is 16.1 Å². The number of aliphatic hydroxyl groups excluding tert-OH is 2. The van der Waals surface area contributed by atoms with Crippen LogP contribution >= 0.6 is 35.2 Å². The number of anilines is 1. The molecule has 0 saturated carbocycles. The predicted octanol–water partition coefficient (Wildman–Crippen LogP) is -0.929. The van der Waals surface area contributed by atoms with Gasteiger partial charge in [-0.3, -0.25) is 27.7 Å². The lowest BCUT2D eigenvalue weighted by molar-refractivity contribution is -0.137. The number of thioether (sulfide) groups is 1. The largest absolute Gasteiger partial charge is 0.481 e. The lowest BCUT2D eigenvalue weighted by Crippen LogP contribution is -2.46. The molecule has 0 aromatic carbocycles. The van der Waals surface area contributed by atoms with Crippen LogP contribution in [-0.2, 0) is 50.7 Å². The normalized spacial score (nSPS) is 21.7. The Morgan fingerprint density at radius 2 is 1.80 bits per heavy atom. The second-order valence-electron chi connectivity index (χ2n) is 12.1. The number of imidazole rings is 1. The molecule has 7 atom stereocenters.